The fraction of sp³-hybridized carbons (Fsp3) is 0.333. The summed E-state index contributed by atoms with van der Waals surface area (Å²) in [7, 11) is 0. The number of pyridine rings is 2. The smallest absolute Gasteiger partial charge is 0.121 e. The molecule has 20 heavy (non-hydrogen) atoms. The molecule has 0 saturated heterocycles. The number of hydrogen-bond donors (Lipinski definition) is 1. The van der Waals surface area contributed by atoms with E-state index >= 15 is 0 Å². The Hall–Kier alpha value is -1.10. The quantitative estimate of drug-likeness (QED) is 0.920. The van der Waals surface area contributed by atoms with E-state index in [2.05, 4.69) is 42.1 Å². The molecule has 0 saturated carbocycles. The third kappa shape index (κ3) is 4.78. The SMILES string of the molecule is CC(C)(C)NCc1ccc(Sc2ncccc2Cl)nc1. The number of nitrogens with zero attached hydrogens (tertiary/aromatic N) is 2. The van der Waals surface area contributed by atoms with Gasteiger partial charge in [0.1, 0.15) is 10.1 Å². The minimum atomic E-state index is 0.106. The van der Waals surface area contributed by atoms with Crippen molar-refractivity contribution in [3.8, 4) is 0 Å². The molecular formula is C15H18ClN3S. The van der Waals surface area contributed by atoms with E-state index in [0.717, 1.165) is 22.2 Å². The third-order valence-electron chi connectivity index (χ3n) is 2.55. The van der Waals surface area contributed by atoms with Crippen LogP contribution in [0.5, 0.6) is 0 Å². The number of nitrogens with one attached hydrogen (secondary N) is 1. The van der Waals surface area contributed by atoms with E-state index in [1.807, 2.05) is 24.4 Å². The molecule has 0 atom stereocenters. The minimum Gasteiger partial charge on any atom is -0.308 e. The summed E-state index contributed by atoms with van der Waals surface area (Å²) in [6.45, 7) is 7.25. The van der Waals surface area contributed by atoms with Crippen LogP contribution in [0.25, 0.3) is 0 Å². The van der Waals surface area contributed by atoms with Gasteiger partial charge in [-0.1, -0.05) is 17.7 Å². The van der Waals surface area contributed by atoms with Crippen LogP contribution in [0.15, 0.2) is 46.7 Å². The van der Waals surface area contributed by atoms with E-state index in [1.165, 1.54) is 11.8 Å². The highest BCUT2D eigenvalue weighted by molar-refractivity contribution is 7.99. The van der Waals surface area contributed by atoms with Crippen LogP contribution < -0.4 is 5.32 Å². The van der Waals surface area contributed by atoms with Crippen molar-refractivity contribution < 1.29 is 0 Å². The predicted molar refractivity (Wildman–Crippen MR) is 84.2 cm³/mol. The predicted octanol–water partition coefficient (Wildman–Crippen LogP) is 4.17. The van der Waals surface area contributed by atoms with Gasteiger partial charge in [-0.05, 0) is 56.3 Å². The monoisotopic (exact) mass is 307 g/mol. The van der Waals surface area contributed by atoms with Gasteiger partial charge in [0.25, 0.3) is 0 Å². The minimum absolute atomic E-state index is 0.106. The zero-order chi connectivity index (χ0) is 14.6. The van der Waals surface area contributed by atoms with Gasteiger partial charge in [0.15, 0.2) is 0 Å². The second-order valence-corrected chi connectivity index (χ2v) is 6.92. The lowest BCUT2D eigenvalue weighted by Crippen LogP contribution is -2.35. The summed E-state index contributed by atoms with van der Waals surface area (Å²) >= 11 is 7.56. The molecule has 0 aliphatic carbocycles. The first-order chi connectivity index (χ1) is 9.44. The molecule has 2 aromatic rings. The molecule has 2 heterocycles. The Morgan fingerprint density at radius 2 is 2.00 bits per heavy atom. The van der Waals surface area contributed by atoms with Crippen molar-refractivity contribution in [2.24, 2.45) is 0 Å². The standard InChI is InChI=1S/C15H18ClN3S/c1-15(2,3)19-10-11-6-7-13(18-9-11)20-14-12(16)5-4-8-17-14/h4-9,19H,10H2,1-3H3. The molecule has 0 fully saturated rings. The summed E-state index contributed by atoms with van der Waals surface area (Å²) in [6, 6.07) is 7.72. The molecule has 2 rings (SSSR count). The Morgan fingerprint density at radius 3 is 2.60 bits per heavy atom. The molecule has 0 aromatic carbocycles. The number of aromatic nitrogens is 2. The lowest BCUT2D eigenvalue weighted by molar-refractivity contribution is 0.424. The number of hydrogen-bond acceptors (Lipinski definition) is 4. The van der Waals surface area contributed by atoms with Crippen LogP contribution in [-0.2, 0) is 6.54 Å². The molecule has 5 heteroatoms. The van der Waals surface area contributed by atoms with Gasteiger partial charge < -0.3 is 5.32 Å². The third-order valence-corrected chi connectivity index (χ3v) is 3.93. The van der Waals surface area contributed by atoms with Crippen LogP contribution in [0, 0.1) is 0 Å². The highest BCUT2D eigenvalue weighted by Gasteiger charge is 2.09. The van der Waals surface area contributed by atoms with Gasteiger partial charge in [0.2, 0.25) is 0 Å². The van der Waals surface area contributed by atoms with Gasteiger partial charge in [-0.2, -0.15) is 0 Å². The summed E-state index contributed by atoms with van der Waals surface area (Å²) in [5.41, 5.74) is 1.27. The van der Waals surface area contributed by atoms with Crippen molar-refractivity contribution in [2.45, 2.75) is 42.9 Å². The molecule has 2 aromatic heterocycles. The summed E-state index contributed by atoms with van der Waals surface area (Å²) in [4.78, 5) is 8.68. The van der Waals surface area contributed by atoms with Crippen molar-refractivity contribution in [1.82, 2.24) is 15.3 Å². The number of halogens is 1. The van der Waals surface area contributed by atoms with Crippen LogP contribution in [-0.4, -0.2) is 15.5 Å². The molecule has 0 radical (unpaired) electrons. The lowest BCUT2D eigenvalue weighted by atomic mass is 10.1. The van der Waals surface area contributed by atoms with E-state index in [9.17, 15) is 0 Å². The lowest BCUT2D eigenvalue weighted by Gasteiger charge is -2.20. The second kappa shape index (κ2) is 6.57. The maximum Gasteiger partial charge on any atom is 0.121 e. The first-order valence-corrected chi connectivity index (χ1v) is 7.62. The first-order valence-electron chi connectivity index (χ1n) is 6.42. The topological polar surface area (TPSA) is 37.8 Å². The van der Waals surface area contributed by atoms with Crippen LogP contribution in [0.4, 0.5) is 0 Å². The zero-order valence-electron chi connectivity index (χ0n) is 11.9. The van der Waals surface area contributed by atoms with Crippen LogP contribution in [0.3, 0.4) is 0 Å². The van der Waals surface area contributed by atoms with Crippen LogP contribution in [0.2, 0.25) is 5.02 Å². The van der Waals surface area contributed by atoms with Crippen molar-refractivity contribution in [2.75, 3.05) is 0 Å². The normalized spacial score (nSPS) is 11.6. The maximum atomic E-state index is 6.08. The first kappa shape index (κ1) is 15.3. The maximum absolute atomic E-state index is 6.08. The average Bonchev–Trinajstić information content (AvgIpc) is 2.40. The molecule has 0 unspecified atom stereocenters. The number of rotatable bonds is 4. The molecule has 3 nitrogen and oxygen atoms in total. The van der Waals surface area contributed by atoms with E-state index in [4.69, 9.17) is 11.6 Å². The molecular weight excluding hydrogens is 290 g/mol. The highest BCUT2D eigenvalue weighted by atomic mass is 35.5. The molecule has 0 spiro atoms. The fourth-order valence-electron chi connectivity index (χ4n) is 1.49. The van der Waals surface area contributed by atoms with E-state index in [-0.39, 0.29) is 5.54 Å². The highest BCUT2D eigenvalue weighted by Crippen LogP contribution is 2.29. The Balaban J connectivity index is 2.00. The summed E-state index contributed by atoms with van der Waals surface area (Å²) in [5.74, 6) is 0. The van der Waals surface area contributed by atoms with Crippen molar-refractivity contribution in [3.05, 3.63) is 47.2 Å². The largest absolute Gasteiger partial charge is 0.308 e. The molecule has 0 amide bonds. The van der Waals surface area contributed by atoms with Gasteiger partial charge >= 0.3 is 0 Å². The van der Waals surface area contributed by atoms with Crippen molar-refractivity contribution in [1.29, 1.82) is 0 Å². The molecule has 106 valence electrons. The summed E-state index contributed by atoms with van der Waals surface area (Å²) in [5, 5.41) is 5.76. The van der Waals surface area contributed by atoms with E-state index in [1.54, 1.807) is 6.20 Å². The van der Waals surface area contributed by atoms with Crippen molar-refractivity contribution in [3.63, 3.8) is 0 Å². The Labute approximate surface area is 129 Å². The molecule has 0 aliphatic heterocycles. The second-order valence-electron chi connectivity index (χ2n) is 5.50. The fourth-order valence-corrected chi connectivity index (χ4v) is 2.44. The van der Waals surface area contributed by atoms with Gasteiger partial charge in [-0.3, -0.25) is 0 Å². The van der Waals surface area contributed by atoms with Gasteiger partial charge in [-0.25, -0.2) is 9.97 Å². The van der Waals surface area contributed by atoms with Gasteiger partial charge in [-0.15, -0.1) is 0 Å². The average molecular weight is 308 g/mol. The zero-order valence-corrected chi connectivity index (χ0v) is 13.4. The van der Waals surface area contributed by atoms with Crippen molar-refractivity contribution >= 4 is 23.4 Å². The Morgan fingerprint density at radius 1 is 1.20 bits per heavy atom. The molecule has 0 bridgehead atoms. The van der Waals surface area contributed by atoms with E-state index < -0.39 is 0 Å². The Bertz CT molecular complexity index is 564. The summed E-state index contributed by atoms with van der Waals surface area (Å²) < 4.78 is 0. The molecule has 0 aliphatic rings. The molecule has 1 N–H and O–H groups in total. The van der Waals surface area contributed by atoms with Gasteiger partial charge in [0, 0.05) is 24.5 Å². The summed E-state index contributed by atoms with van der Waals surface area (Å²) in [6.07, 6.45) is 3.62. The van der Waals surface area contributed by atoms with Crippen LogP contribution >= 0.6 is 23.4 Å². The van der Waals surface area contributed by atoms with E-state index in [0.29, 0.717) is 5.02 Å². The van der Waals surface area contributed by atoms with Crippen LogP contribution in [0.1, 0.15) is 26.3 Å². The van der Waals surface area contributed by atoms with Gasteiger partial charge in [0.05, 0.1) is 5.02 Å². The Kier molecular flexibility index (Phi) is 5.02.